The quantitative estimate of drug-likeness (QED) is 0.894. The number of rotatable bonds is 2. The summed E-state index contributed by atoms with van der Waals surface area (Å²) in [6, 6.07) is 4.85. The van der Waals surface area contributed by atoms with E-state index in [0.29, 0.717) is 17.5 Å². The molecule has 0 radical (unpaired) electrons. The molecule has 1 N–H and O–H groups in total. The highest BCUT2D eigenvalue weighted by Gasteiger charge is 2.34. The van der Waals surface area contributed by atoms with E-state index in [1.54, 1.807) is 0 Å². The Labute approximate surface area is 117 Å². The van der Waals surface area contributed by atoms with Crippen LogP contribution in [0.1, 0.15) is 23.2 Å². The molecule has 2 atom stereocenters. The fourth-order valence-corrected chi connectivity index (χ4v) is 3.21. The van der Waals surface area contributed by atoms with Crippen molar-refractivity contribution in [2.24, 2.45) is 5.92 Å². The molecule has 108 valence electrons. The summed E-state index contributed by atoms with van der Waals surface area (Å²) in [6.07, 6.45) is 2.12. The zero-order valence-corrected chi connectivity index (χ0v) is 11.6. The molecule has 1 aromatic carbocycles. The summed E-state index contributed by atoms with van der Waals surface area (Å²) in [4.78, 5) is 14.4. The van der Waals surface area contributed by atoms with Gasteiger partial charge < -0.3 is 15.0 Å². The smallest absolute Gasteiger partial charge is 0.254 e. The van der Waals surface area contributed by atoms with Crippen molar-refractivity contribution < 1.29 is 13.9 Å². The molecule has 5 heteroatoms. The predicted molar refractivity (Wildman–Crippen MR) is 73.4 cm³/mol. The van der Waals surface area contributed by atoms with Crippen LogP contribution in [-0.4, -0.2) is 43.6 Å². The number of likely N-dealkylation sites (tertiary alicyclic amines) is 1. The first kappa shape index (κ1) is 13.4. The molecular formula is C15H19FN2O2. The lowest BCUT2D eigenvalue weighted by Gasteiger charge is -2.35. The number of nitrogens with one attached hydrogen (secondary N) is 1. The summed E-state index contributed by atoms with van der Waals surface area (Å²) in [5.41, 5.74) is 0.493. The van der Waals surface area contributed by atoms with Crippen molar-refractivity contribution in [3.8, 4) is 5.75 Å². The first-order valence-corrected chi connectivity index (χ1v) is 7.05. The molecule has 0 aromatic heterocycles. The number of methoxy groups -OCH3 is 1. The van der Waals surface area contributed by atoms with Crippen molar-refractivity contribution in [1.29, 1.82) is 0 Å². The number of carbonyl (C=O) groups excluding carboxylic acids is 1. The molecular weight excluding hydrogens is 259 g/mol. The fraction of sp³-hybridized carbons (Fsp3) is 0.533. The summed E-state index contributed by atoms with van der Waals surface area (Å²) in [6.45, 7) is 2.59. The highest BCUT2D eigenvalue weighted by atomic mass is 19.1. The number of nitrogens with zero attached hydrogens (tertiary/aromatic N) is 1. The topological polar surface area (TPSA) is 41.6 Å². The number of fused-ring (bicyclic) bond motifs is 1. The molecule has 4 nitrogen and oxygen atoms in total. The van der Waals surface area contributed by atoms with Crippen molar-refractivity contribution >= 4 is 5.91 Å². The molecule has 2 aliphatic heterocycles. The lowest BCUT2D eigenvalue weighted by Crippen LogP contribution is -2.46. The summed E-state index contributed by atoms with van der Waals surface area (Å²) < 4.78 is 18.3. The van der Waals surface area contributed by atoms with E-state index < -0.39 is 5.82 Å². The molecule has 0 bridgehead atoms. The molecule has 2 fully saturated rings. The van der Waals surface area contributed by atoms with Gasteiger partial charge in [-0.25, -0.2) is 4.39 Å². The van der Waals surface area contributed by atoms with Gasteiger partial charge in [0.2, 0.25) is 0 Å². The molecule has 2 aliphatic rings. The van der Waals surface area contributed by atoms with E-state index in [1.807, 2.05) is 4.90 Å². The van der Waals surface area contributed by atoms with Gasteiger partial charge in [0.15, 0.2) is 11.6 Å². The van der Waals surface area contributed by atoms with Crippen LogP contribution in [0.5, 0.6) is 5.75 Å². The van der Waals surface area contributed by atoms with Gasteiger partial charge in [0.1, 0.15) is 0 Å². The lowest BCUT2D eigenvalue weighted by atomic mass is 9.93. The van der Waals surface area contributed by atoms with Crippen LogP contribution in [0.3, 0.4) is 0 Å². The van der Waals surface area contributed by atoms with Crippen LogP contribution >= 0.6 is 0 Å². The number of amides is 1. The maximum atomic E-state index is 13.4. The second-order valence-corrected chi connectivity index (χ2v) is 5.50. The third kappa shape index (κ3) is 2.38. The minimum absolute atomic E-state index is 0.0337. The molecule has 0 aliphatic carbocycles. The zero-order valence-electron chi connectivity index (χ0n) is 11.6. The van der Waals surface area contributed by atoms with Crippen molar-refractivity contribution in [2.75, 3.05) is 26.7 Å². The van der Waals surface area contributed by atoms with Gasteiger partial charge in [-0.2, -0.15) is 0 Å². The average Bonchev–Trinajstić information content (AvgIpc) is 2.94. The molecule has 0 saturated carbocycles. The highest BCUT2D eigenvalue weighted by Crippen LogP contribution is 2.26. The van der Waals surface area contributed by atoms with Crippen LogP contribution in [0.2, 0.25) is 0 Å². The monoisotopic (exact) mass is 278 g/mol. The van der Waals surface area contributed by atoms with Crippen LogP contribution in [0.15, 0.2) is 18.2 Å². The van der Waals surface area contributed by atoms with Crippen LogP contribution in [0, 0.1) is 11.7 Å². The van der Waals surface area contributed by atoms with Crippen molar-refractivity contribution in [3.05, 3.63) is 29.6 Å². The Kier molecular flexibility index (Phi) is 3.61. The number of hydrogen-bond acceptors (Lipinski definition) is 3. The fourth-order valence-electron chi connectivity index (χ4n) is 3.21. The molecule has 1 aromatic rings. The summed E-state index contributed by atoms with van der Waals surface area (Å²) in [5.74, 6) is 0.194. The van der Waals surface area contributed by atoms with Gasteiger partial charge in [-0.3, -0.25) is 4.79 Å². The van der Waals surface area contributed by atoms with Gasteiger partial charge in [0.25, 0.3) is 5.91 Å². The van der Waals surface area contributed by atoms with Gasteiger partial charge >= 0.3 is 0 Å². The largest absolute Gasteiger partial charge is 0.494 e. The first-order chi connectivity index (χ1) is 9.69. The van der Waals surface area contributed by atoms with Gasteiger partial charge in [-0.1, -0.05) is 0 Å². The van der Waals surface area contributed by atoms with Crippen molar-refractivity contribution in [3.63, 3.8) is 0 Å². The Balaban J connectivity index is 1.75. The van der Waals surface area contributed by atoms with Crippen molar-refractivity contribution in [2.45, 2.75) is 18.9 Å². The van der Waals surface area contributed by atoms with Crippen LogP contribution in [-0.2, 0) is 0 Å². The molecule has 2 saturated heterocycles. The average molecular weight is 278 g/mol. The summed E-state index contributed by atoms with van der Waals surface area (Å²) >= 11 is 0. The molecule has 0 spiro atoms. The number of piperidine rings is 1. The Morgan fingerprint density at radius 2 is 2.30 bits per heavy atom. The Morgan fingerprint density at radius 3 is 3.10 bits per heavy atom. The Hall–Kier alpha value is -1.62. The minimum atomic E-state index is -0.442. The first-order valence-electron chi connectivity index (χ1n) is 7.05. The van der Waals surface area contributed by atoms with Crippen LogP contribution in [0.25, 0.3) is 0 Å². The van der Waals surface area contributed by atoms with Gasteiger partial charge in [0, 0.05) is 24.7 Å². The second kappa shape index (κ2) is 5.40. The zero-order chi connectivity index (χ0) is 14.1. The Morgan fingerprint density at radius 1 is 1.45 bits per heavy atom. The number of hydrogen-bond donors (Lipinski definition) is 1. The molecule has 2 heterocycles. The standard InChI is InChI=1S/C15H19FN2O2/c1-20-14-8-10(2-3-12(14)16)15(19)18-7-5-13-11(9-18)4-6-17-13/h2-3,8,11,13,17H,4-7,9H2,1H3. The van der Waals surface area contributed by atoms with E-state index in [2.05, 4.69) is 5.32 Å². The van der Waals surface area contributed by atoms with E-state index in [0.717, 1.165) is 32.5 Å². The van der Waals surface area contributed by atoms with Crippen molar-refractivity contribution in [1.82, 2.24) is 10.2 Å². The van der Waals surface area contributed by atoms with E-state index in [1.165, 1.54) is 25.3 Å². The predicted octanol–water partition coefficient (Wildman–Crippen LogP) is 1.66. The lowest BCUT2D eigenvalue weighted by molar-refractivity contribution is 0.0661. The molecule has 1 amide bonds. The van der Waals surface area contributed by atoms with Crippen LogP contribution < -0.4 is 10.1 Å². The maximum Gasteiger partial charge on any atom is 0.254 e. The third-order valence-electron chi connectivity index (χ3n) is 4.34. The number of carbonyl (C=O) groups is 1. The molecule has 20 heavy (non-hydrogen) atoms. The van der Waals surface area contributed by atoms with E-state index in [-0.39, 0.29) is 11.7 Å². The minimum Gasteiger partial charge on any atom is -0.494 e. The molecule has 2 unspecified atom stereocenters. The van der Waals surface area contributed by atoms with Gasteiger partial charge in [-0.05, 0) is 43.5 Å². The normalized spacial score (nSPS) is 25.4. The maximum absolute atomic E-state index is 13.4. The van der Waals surface area contributed by atoms with E-state index in [4.69, 9.17) is 4.74 Å². The number of ether oxygens (including phenoxy) is 1. The summed E-state index contributed by atoms with van der Waals surface area (Å²) in [5, 5.41) is 3.48. The third-order valence-corrected chi connectivity index (χ3v) is 4.34. The second-order valence-electron chi connectivity index (χ2n) is 5.50. The highest BCUT2D eigenvalue weighted by molar-refractivity contribution is 5.94. The summed E-state index contributed by atoms with van der Waals surface area (Å²) in [7, 11) is 1.41. The number of benzene rings is 1. The molecule has 3 rings (SSSR count). The number of halogens is 1. The Bertz CT molecular complexity index is 521. The van der Waals surface area contributed by atoms with Crippen LogP contribution in [0.4, 0.5) is 4.39 Å². The van der Waals surface area contributed by atoms with E-state index >= 15 is 0 Å². The van der Waals surface area contributed by atoms with Gasteiger partial charge in [-0.15, -0.1) is 0 Å². The van der Waals surface area contributed by atoms with E-state index in [9.17, 15) is 9.18 Å². The van der Waals surface area contributed by atoms with Gasteiger partial charge in [0.05, 0.1) is 7.11 Å². The SMILES string of the molecule is COc1cc(C(=O)N2CCC3NCCC3C2)ccc1F.